The lowest BCUT2D eigenvalue weighted by Gasteiger charge is -2.18. The maximum Gasteiger partial charge on any atom is 0.130 e. The summed E-state index contributed by atoms with van der Waals surface area (Å²) in [6.07, 6.45) is 0.582. The van der Waals surface area contributed by atoms with Gasteiger partial charge in [0.2, 0.25) is 0 Å². The molecule has 0 aliphatic heterocycles. The minimum atomic E-state index is -0.533. The Morgan fingerprint density at radius 2 is 1.90 bits per heavy atom. The van der Waals surface area contributed by atoms with Crippen LogP contribution in [0, 0.1) is 18.6 Å². The van der Waals surface area contributed by atoms with Crippen LogP contribution in [0.5, 0.6) is 0 Å². The summed E-state index contributed by atoms with van der Waals surface area (Å²) in [5.41, 5.74) is 1.90. The van der Waals surface area contributed by atoms with Crippen molar-refractivity contribution in [1.82, 2.24) is 5.32 Å². The molecule has 0 aliphatic carbocycles. The second kappa shape index (κ2) is 6.33. The van der Waals surface area contributed by atoms with Crippen LogP contribution in [-0.2, 0) is 6.42 Å². The van der Waals surface area contributed by atoms with Crippen molar-refractivity contribution in [3.8, 4) is 0 Å². The van der Waals surface area contributed by atoms with E-state index in [4.69, 9.17) is 11.6 Å². The van der Waals surface area contributed by atoms with Gasteiger partial charge in [-0.15, -0.1) is 0 Å². The first kappa shape index (κ1) is 14.9. The Bertz CT molecular complexity index is 613. The van der Waals surface area contributed by atoms with E-state index in [0.717, 1.165) is 11.6 Å². The average Bonchev–Trinajstić information content (AvgIpc) is 2.40. The van der Waals surface area contributed by atoms with Crippen molar-refractivity contribution in [3.63, 3.8) is 0 Å². The second-order valence-corrected chi connectivity index (χ2v) is 5.23. The first-order chi connectivity index (χ1) is 9.51. The minimum Gasteiger partial charge on any atom is -0.313 e. The standard InChI is InChI=1S/C16H16ClF2N/c1-10-6-13(15(19)9-14(10)18)16(20-2)8-11-4-3-5-12(17)7-11/h3-7,9,16,20H,8H2,1-2H3. The molecule has 1 nitrogen and oxygen atoms in total. The van der Waals surface area contributed by atoms with E-state index in [1.54, 1.807) is 26.1 Å². The molecule has 2 aromatic carbocycles. The number of halogens is 3. The molecule has 4 heteroatoms. The molecule has 0 amide bonds. The Hall–Kier alpha value is -1.45. The minimum absolute atomic E-state index is 0.229. The molecule has 106 valence electrons. The summed E-state index contributed by atoms with van der Waals surface area (Å²) in [6.45, 7) is 1.63. The van der Waals surface area contributed by atoms with E-state index in [2.05, 4.69) is 5.32 Å². The van der Waals surface area contributed by atoms with Crippen LogP contribution in [-0.4, -0.2) is 7.05 Å². The summed E-state index contributed by atoms with van der Waals surface area (Å²) in [6, 6.07) is 9.69. The number of aryl methyl sites for hydroxylation is 1. The molecule has 20 heavy (non-hydrogen) atoms. The number of benzene rings is 2. The third-order valence-electron chi connectivity index (χ3n) is 3.33. The van der Waals surface area contributed by atoms with Crippen molar-refractivity contribution in [2.75, 3.05) is 7.05 Å². The van der Waals surface area contributed by atoms with Crippen LogP contribution >= 0.6 is 11.6 Å². The lowest BCUT2D eigenvalue weighted by atomic mass is 9.97. The van der Waals surface area contributed by atoms with Gasteiger partial charge in [-0.2, -0.15) is 0 Å². The van der Waals surface area contributed by atoms with Crippen LogP contribution in [0.25, 0.3) is 0 Å². The number of hydrogen-bond donors (Lipinski definition) is 1. The van der Waals surface area contributed by atoms with Gasteiger partial charge in [-0.3, -0.25) is 0 Å². The van der Waals surface area contributed by atoms with Crippen molar-refractivity contribution in [3.05, 3.63) is 69.7 Å². The molecule has 0 fully saturated rings. The van der Waals surface area contributed by atoms with Gasteiger partial charge in [0.15, 0.2) is 0 Å². The fraction of sp³-hybridized carbons (Fsp3) is 0.250. The van der Waals surface area contributed by atoms with E-state index in [1.165, 1.54) is 0 Å². The molecule has 0 spiro atoms. The van der Waals surface area contributed by atoms with Gasteiger partial charge in [-0.1, -0.05) is 23.7 Å². The van der Waals surface area contributed by atoms with E-state index in [-0.39, 0.29) is 6.04 Å². The van der Waals surface area contributed by atoms with Gasteiger partial charge in [0, 0.05) is 22.7 Å². The molecule has 2 rings (SSSR count). The van der Waals surface area contributed by atoms with Crippen molar-refractivity contribution in [2.45, 2.75) is 19.4 Å². The van der Waals surface area contributed by atoms with E-state index < -0.39 is 11.6 Å². The zero-order chi connectivity index (χ0) is 14.7. The normalized spacial score (nSPS) is 12.4. The van der Waals surface area contributed by atoms with Crippen molar-refractivity contribution >= 4 is 11.6 Å². The molecule has 0 heterocycles. The fourth-order valence-corrected chi connectivity index (χ4v) is 2.43. The summed E-state index contributed by atoms with van der Waals surface area (Å²) >= 11 is 5.95. The lowest BCUT2D eigenvalue weighted by molar-refractivity contribution is 0.519. The highest BCUT2D eigenvalue weighted by Gasteiger charge is 2.17. The molecular formula is C16H16ClF2N. The van der Waals surface area contributed by atoms with Gasteiger partial charge >= 0.3 is 0 Å². The zero-order valence-electron chi connectivity index (χ0n) is 11.4. The van der Waals surface area contributed by atoms with E-state index in [0.29, 0.717) is 22.6 Å². The summed E-state index contributed by atoms with van der Waals surface area (Å²) in [4.78, 5) is 0. The molecule has 1 atom stereocenters. The average molecular weight is 296 g/mol. The van der Waals surface area contributed by atoms with E-state index in [1.807, 2.05) is 18.2 Å². The predicted octanol–water partition coefficient (Wildman–Crippen LogP) is 4.43. The summed E-state index contributed by atoms with van der Waals surface area (Å²) in [5, 5.41) is 3.71. The SMILES string of the molecule is CNC(Cc1cccc(Cl)c1)c1cc(C)c(F)cc1F. The Morgan fingerprint density at radius 1 is 1.15 bits per heavy atom. The van der Waals surface area contributed by atoms with Crippen LogP contribution in [0.1, 0.15) is 22.7 Å². The maximum absolute atomic E-state index is 13.9. The lowest BCUT2D eigenvalue weighted by Crippen LogP contribution is -2.20. The smallest absolute Gasteiger partial charge is 0.130 e. The van der Waals surface area contributed by atoms with Crippen molar-refractivity contribution in [2.24, 2.45) is 0 Å². The van der Waals surface area contributed by atoms with Gasteiger partial charge < -0.3 is 5.32 Å². The van der Waals surface area contributed by atoms with Crippen LogP contribution in [0.4, 0.5) is 8.78 Å². The molecule has 0 saturated carbocycles. The summed E-state index contributed by atoms with van der Waals surface area (Å²) in [7, 11) is 1.76. The molecule has 0 saturated heterocycles. The largest absolute Gasteiger partial charge is 0.313 e. The highest BCUT2D eigenvalue weighted by molar-refractivity contribution is 6.30. The van der Waals surface area contributed by atoms with Crippen LogP contribution in [0.3, 0.4) is 0 Å². The Morgan fingerprint density at radius 3 is 2.55 bits per heavy atom. The van der Waals surface area contributed by atoms with Gasteiger partial charge in [-0.25, -0.2) is 8.78 Å². The third-order valence-corrected chi connectivity index (χ3v) is 3.57. The molecule has 2 aromatic rings. The Balaban J connectivity index is 2.31. The maximum atomic E-state index is 13.9. The quantitative estimate of drug-likeness (QED) is 0.880. The molecule has 0 aromatic heterocycles. The predicted molar refractivity (Wildman–Crippen MR) is 78.1 cm³/mol. The van der Waals surface area contributed by atoms with Crippen LogP contribution < -0.4 is 5.32 Å². The molecule has 0 radical (unpaired) electrons. The molecule has 1 unspecified atom stereocenters. The van der Waals surface area contributed by atoms with E-state index in [9.17, 15) is 8.78 Å². The fourth-order valence-electron chi connectivity index (χ4n) is 2.21. The number of likely N-dealkylation sites (N-methyl/N-ethyl adjacent to an activating group) is 1. The molecular weight excluding hydrogens is 280 g/mol. The first-order valence-corrected chi connectivity index (χ1v) is 6.76. The van der Waals surface area contributed by atoms with Crippen LogP contribution in [0.15, 0.2) is 36.4 Å². The summed E-state index contributed by atoms with van der Waals surface area (Å²) in [5.74, 6) is -1.06. The van der Waals surface area contributed by atoms with Gasteiger partial charge in [0.05, 0.1) is 0 Å². The number of hydrogen-bond acceptors (Lipinski definition) is 1. The zero-order valence-corrected chi connectivity index (χ0v) is 12.1. The van der Waals surface area contributed by atoms with Crippen molar-refractivity contribution in [1.29, 1.82) is 0 Å². The Kier molecular flexibility index (Phi) is 4.73. The van der Waals surface area contributed by atoms with Gasteiger partial charge in [-0.05, 0) is 49.7 Å². The van der Waals surface area contributed by atoms with E-state index >= 15 is 0 Å². The highest BCUT2D eigenvalue weighted by Crippen LogP contribution is 2.24. The van der Waals surface area contributed by atoms with Crippen LogP contribution in [0.2, 0.25) is 5.02 Å². The number of rotatable bonds is 4. The van der Waals surface area contributed by atoms with Gasteiger partial charge in [0.25, 0.3) is 0 Å². The molecule has 0 bridgehead atoms. The molecule has 1 N–H and O–H groups in total. The molecule has 0 aliphatic rings. The number of nitrogens with one attached hydrogen (secondary N) is 1. The monoisotopic (exact) mass is 295 g/mol. The van der Waals surface area contributed by atoms with Gasteiger partial charge in [0.1, 0.15) is 11.6 Å². The second-order valence-electron chi connectivity index (χ2n) is 4.80. The Labute approximate surface area is 122 Å². The van der Waals surface area contributed by atoms with Crippen molar-refractivity contribution < 1.29 is 8.78 Å². The highest BCUT2D eigenvalue weighted by atomic mass is 35.5. The third kappa shape index (κ3) is 3.35. The topological polar surface area (TPSA) is 12.0 Å². The summed E-state index contributed by atoms with van der Waals surface area (Å²) < 4.78 is 27.3. The first-order valence-electron chi connectivity index (χ1n) is 6.38.